The third kappa shape index (κ3) is 7.56. The molecule has 0 aromatic carbocycles. The fourth-order valence-corrected chi connectivity index (χ4v) is 0.688. The predicted molar refractivity (Wildman–Crippen MR) is 52.3 cm³/mol. The van der Waals surface area contributed by atoms with Gasteiger partial charge in [0.1, 0.15) is 5.60 Å². The van der Waals surface area contributed by atoms with Gasteiger partial charge >= 0.3 is 12.1 Å². The van der Waals surface area contributed by atoms with E-state index in [4.69, 9.17) is 15.7 Å². The molecule has 0 fully saturated rings. The van der Waals surface area contributed by atoms with Crippen LogP contribution in [0.15, 0.2) is 0 Å². The van der Waals surface area contributed by atoms with Crippen LogP contribution >= 0.6 is 0 Å². The number of hydrogen-bond donors (Lipinski definition) is 3. The fourth-order valence-electron chi connectivity index (χ4n) is 0.688. The molecule has 0 aliphatic rings. The molecule has 0 saturated heterocycles. The molecule has 3 amide bonds. The Morgan fingerprint density at radius 2 is 2.00 bits per heavy atom. The molecule has 0 bridgehead atoms. The number of primary amides is 1. The standard InChI is InChI=1S/C8H17N3O4/c1-8(2,3)15-7(13)10-4-5-11(14)6(9)12/h14H,4-5H2,1-3H3,(H2,9,12)(H,10,13). The summed E-state index contributed by atoms with van der Waals surface area (Å²) in [6, 6.07) is -0.971. The summed E-state index contributed by atoms with van der Waals surface area (Å²) in [6.45, 7) is 5.17. The molecule has 0 aromatic rings. The molecule has 88 valence electrons. The molecule has 0 saturated carbocycles. The number of nitrogens with one attached hydrogen (secondary N) is 1. The SMILES string of the molecule is CC(C)(C)OC(=O)NCCN(O)C(N)=O. The zero-order chi connectivity index (χ0) is 12.1. The van der Waals surface area contributed by atoms with E-state index in [1.54, 1.807) is 20.8 Å². The van der Waals surface area contributed by atoms with E-state index in [1.165, 1.54) is 0 Å². The van der Waals surface area contributed by atoms with Crippen molar-refractivity contribution in [3.63, 3.8) is 0 Å². The number of hydroxylamine groups is 2. The van der Waals surface area contributed by atoms with Gasteiger partial charge in [-0.05, 0) is 20.8 Å². The second-order valence-corrected chi connectivity index (χ2v) is 3.89. The Morgan fingerprint density at radius 3 is 2.40 bits per heavy atom. The normalized spacial score (nSPS) is 10.7. The van der Waals surface area contributed by atoms with Crippen LogP contribution in [-0.4, -0.2) is 41.1 Å². The lowest BCUT2D eigenvalue weighted by atomic mass is 10.2. The zero-order valence-corrected chi connectivity index (χ0v) is 9.11. The Bertz CT molecular complexity index is 237. The van der Waals surface area contributed by atoms with Gasteiger partial charge in [-0.1, -0.05) is 0 Å². The maximum Gasteiger partial charge on any atom is 0.407 e. The Balaban J connectivity index is 3.69. The number of amides is 3. The molecule has 7 nitrogen and oxygen atoms in total. The highest BCUT2D eigenvalue weighted by atomic mass is 16.6. The van der Waals surface area contributed by atoms with Crippen molar-refractivity contribution >= 4 is 12.1 Å². The van der Waals surface area contributed by atoms with Crippen LogP contribution in [-0.2, 0) is 4.74 Å². The minimum Gasteiger partial charge on any atom is -0.444 e. The van der Waals surface area contributed by atoms with Crippen LogP contribution in [0.25, 0.3) is 0 Å². The van der Waals surface area contributed by atoms with Crippen molar-refractivity contribution in [3.8, 4) is 0 Å². The van der Waals surface area contributed by atoms with Crippen LogP contribution < -0.4 is 11.1 Å². The van der Waals surface area contributed by atoms with Gasteiger partial charge < -0.3 is 15.8 Å². The molecule has 0 aliphatic carbocycles. The van der Waals surface area contributed by atoms with Crippen molar-refractivity contribution in [3.05, 3.63) is 0 Å². The van der Waals surface area contributed by atoms with Crippen molar-refractivity contribution in [2.45, 2.75) is 26.4 Å². The number of urea groups is 1. The smallest absolute Gasteiger partial charge is 0.407 e. The van der Waals surface area contributed by atoms with Gasteiger partial charge in [0.05, 0.1) is 6.54 Å². The number of rotatable bonds is 3. The van der Waals surface area contributed by atoms with Crippen molar-refractivity contribution in [1.82, 2.24) is 10.4 Å². The van der Waals surface area contributed by atoms with E-state index in [9.17, 15) is 9.59 Å². The lowest BCUT2D eigenvalue weighted by Crippen LogP contribution is -2.40. The molecular weight excluding hydrogens is 202 g/mol. The van der Waals surface area contributed by atoms with Gasteiger partial charge in [0.15, 0.2) is 0 Å². The maximum atomic E-state index is 11.1. The highest BCUT2D eigenvalue weighted by Crippen LogP contribution is 2.05. The number of alkyl carbamates (subject to hydrolysis) is 1. The minimum atomic E-state index is -0.971. The molecular formula is C8H17N3O4. The molecule has 0 radical (unpaired) electrons. The average molecular weight is 219 g/mol. The summed E-state index contributed by atoms with van der Waals surface area (Å²) in [7, 11) is 0. The summed E-state index contributed by atoms with van der Waals surface area (Å²) in [5.41, 5.74) is 4.17. The van der Waals surface area contributed by atoms with Crippen LogP contribution in [0.5, 0.6) is 0 Å². The summed E-state index contributed by atoms with van der Waals surface area (Å²) in [5, 5.41) is 11.5. The van der Waals surface area contributed by atoms with E-state index in [-0.39, 0.29) is 13.1 Å². The molecule has 0 aromatic heterocycles. The van der Waals surface area contributed by atoms with Gasteiger partial charge in [0.25, 0.3) is 0 Å². The highest BCUT2D eigenvalue weighted by Gasteiger charge is 2.15. The van der Waals surface area contributed by atoms with Gasteiger partial charge in [-0.15, -0.1) is 0 Å². The maximum absolute atomic E-state index is 11.1. The van der Waals surface area contributed by atoms with E-state index in [2.05, 4.69) is 5.32 Å². The largest absolute Gasteiger partial charge is 0.444 e. The monoisotopic (exact) mass is 219 g/mol. The Labute approximate surface area is 88.1 Å². The van der Waals surface area contributed by atoms with Gasteiger partial charge in [-0.2, -0.15) is 0 Å². The average Bonchev–Trinajstić information content (AvgIpc) is 2.00. The summed E-state index contributed by atoms with van der Waals surface area (Å²) >= 11 is 0. The predicted octanol–water partition coefficient (Wildman–Crippen LogP) is 0.281. The highest BCUT2D eigenvalue weighted by molar-refractivity contribution is 5.70. The van der Waals surface area contributed by atoms with E-state index >= 15 is 0 Å². The van der Waals surface area contributed by atoms with Gasteiger partial charge in [-0.3, -0.25) is 5.21 Å². The van der Waals surface area contributed by atoms with Crippen LogP contribution in [0.1, 0.15) is 20.8 Å². The van der Waals surface area contributed by atoms with E-state index in [0.717, 1.165) is 0 Å². The number of carbonyl (C=O) groups is 2. The second-order valence-electron chi connectivity index (χ2n) is 3.89. The molecule has 0 aliphatic heterocycles. The van der Waals surface area contributed by atoms with Crippen LogP contribution in [0.4, 0.5) is 9.59 Å². The Kier molecular flexibility index (Phi) is 4.86. The first kappa shape index (κ1) is 13.5. The summed E-state index contributed by atoms with van der Waals surface area (Å²) in [6.07, 6.45) is -0.611. The van der Waals surface area contributed by atoms with E-state index in [1.807, 2.05) is 0 Å². The van der Waals surface area contributed by atoms with Crippen LogP contribution in [0.3, 0.4) is 0 Å². The second kappa shape index (κ2) is 5.40. The number of carbonyl (C=O) groups excluding carboxylic acids is 2. The fraction of sp³-hybridized carbons (Fsp3) is 0.750. The number of ether oxygens (including phenoxy) is 1. The molecule has 0 rings (SSSR count). The van der Waals surface area contributed by atoms with E-state index < -0.39 is 17.7 Å². The third-order valence-corrected chi connectivity index (χ3v) is 1.25. The van der Waals surface area contributed by atoms with Gasteiger partial charge in [-0.25, -0.2) is 14.7 Å². The molecule has 0 heterocycles. The summed E-state index contributed by atoms with van der Waals surface area (Å²) < 4.78 is 4.91. The molecule has 0 unspecified atom stereocenters. The molecule has 0 spiro atoms. The van der Waals surface area contributed by atoms with Crippen molar-refractivity contribution in [2.24, 2.45) is 5.73 Å². The first-order chi connectivity index (χ1) is 6.72. The number of nitrogens with zero attached hydrogens (tertiary/aromatic N) is 1. The Hall–Kier alpha value is -1.50. The topological polar surface area (TPSA) is 105 Å². The van der Waals surface area contributed by atoms with Crippen LogP contribution in [0, 0.1) is 0 Å². The lowest BCUT2D eigenvalue weighted by molar-refractivity contribution is -0.0383. The first-order valence-corrected chi connectivity index (χ1v) is 4.45. The number of hydrogen-bond acceptors (Lipinski definition) is 4. The Morgan fingerprint density at radius 1 is 1.47 bits per heavy atom. The van der Waals surface area contributed by atoms with Gasteiger partial charge in [0.2, 0.25) is 0 Å². The van der Waals surface area contributed by atoms with Crippen molar-refractivity contribution in [1.29, 1.82) is 0 Å². The summed E-state index contributed by atoms with van der Waals surface area (Å²) in [4.78, 5) is 21.4. The minimum absolute atomic E-state index is 0.0638. The number of nitrogens with two attached hydrogens (primary N) is 1. The zero-order valence-electron chi connectivity index (χ0n) is 9.11. The summed E-state index contributed by atoms with van der Waals surface area (Å²) in [5.74, 6) is 0. The van der Waals surface area contributed by atoms with Crippen molar-refractivity contribution in [2.75, 3.05) is 13.1 Å². The molecule has 0 atom stereocenters. The van der Waals surface area contributed by atoms with Crippen molar-refractivity contribution < 1.29 is 19.5 Å². The quantitative estimate of drug-likeness (QED) is 0.468. The molecule has 7 heteroatoms. The lowest BCUT2D eigenvalue weighted by Gasteiger charge is -2.20. The molecule has 15 heavy (non-hydrogen) atoms. The van der Waals surface area contributed by atoms with E-state index in [0.29, 0.717) is 5.06 Å². The first-order valence-electron chi connectivity index (χ1n) is 4.45. The van der Waals surface area contributed by atoms with Crippen LogP contribution in [0.2, 0.25) is 0 Å². The molecule has 4 N–H and O–H groups in total. The van der Waals surface area contributed by atoms with Gasteiger partial charge in [0, 0.05) is 6.54 Å². The third-order valence-electron chi connectivity index (χ3n) is 1.25.